The van der Waals surface area contributed by atoms with Crippen molar-refractivity contribution in [3.63, 3.8) is 0 Å². The number of carbonyl (C=O) groups excluding carboxylic acids is 1. The molecular formula is C20H30FN3O3. The molecule has 1 saturated heterocycles. The third-order valence-electron chi connectivity index (χ3n) is 4.08. The van der Waals surface area contributed by atoms with Gasteiger partial charge in [-0.2, -0.15) is 0 Å². The topological polar surface area (TPSA) is 63.2 Å². The standard InChI is InChI=1S/C20H30FN3O3/c1-5-22-20(23-11-10-19(25)26-14(2)3)24-12-15(4)27-18(13-24)16-6-8-17(21)9-7-16/h6-9,14-15,18H,5,10-13H2,1-4H3,(H,22,23). The van der Waals surface area contributed by atoms with E-state index >= 15 is 0 Å². The van der Waals surface area contributed by atoms with Crippen molar-refractivity contribution >= 4 is 11.9 Å². The van der Waals surface area contributed by atoms with Gasteiger partial charge in [0.2, 0.25) is 0 Å². The molecule has 0 amide bonds. The smallest absolute Gasteiger partial charge is 0.307 e. The summed E-state index contributed by atoms with van der Waals surface area (Å²) in [5.74, 6) is 0.240. The molecule has 27 heavy (non-hydrogen) atoms. The molecule has 1 heterocycles. The molecule has 2 atom stereocenters. The highest BCUT2D eigenvalue weighted by atomic mass is 19.1. The number of nitrogens with one attached hydrogen (secondary N) is 1. The van der Waals surface area contributed by atoms with E-state index in [9.17, 15) is 9.18 Å². The van der Waals surface area contributed by atoms with Gasteiger partial charge in [0.15, 0.2) is 5.96 Å². The third-order valence-corrected chi connectivity index (χ3v) is 4.08. The normalized spacial score (nSPS) is 20.7. The molecule has 2 unspecified atom stereocenters. The Bertz CT molecular complexity index is 634. The minimum atomic E-state index is -0.261. The van der Waals surface area contributed by atoms with Gasteiger partial charge in [-0.15, -0.1) is 0 Å². The molecule has 1 aliphatic heterocycles. The first kappa shape index (κ1) is 21.2. The maximum atomic E-state index is 13.2. The lowest BCUT2D eigenvalue weighted by molar-refractivity contribution is -0.147. The molecule has 0 spiro atoms. The lowest BCUT2D eigenvalue weighted by Crippen LogP contribution is -2.50. The van der Waals surface area contributed by atoms with Gasteiger partial charge >= 0.3 is 5.97 Å². The van der Waals surface area contributed by atoms with E-state index in [0.717, 1.165) is 18.1 Å². The van der Waals surface area contributed by atoms with Gasteiger partial charge in [0.1, 0.15) is 11.9 Å². The fourth-order valence-electron chi connectivity index (χ4n) is 2.99. The van der Waals surface area contributed by atoms with Crippen LogP contribution in [-0.2, 0) is 14.3 Å². The molecule has 0 bridgehead atoms. The molecule has 1 aromatic rings. The van der Waals surface area contributed by atoms with Crippen LogP contribution in [0.1, 0.15) is 45.8 Å². The van der Waals surface area contributed by atoms with E-state index in [1.54, 1.807) is 12.1 Å². The molecule has 0 aromatic heterocycles. The van der Waals surface area contributed by atoms with Crippen LogP contribution in [0.5, 0.6) is 0 Å². The average molecular weight is 379 g/mol. The minimum Gasteiger partial charge on any atom is -0.463 e. The Labute approximate surface area is 160 Å². The first-order valence-corrected chi connectivity index (χ1v) is 9.52. The zero-order valence-electron chi connectivity index (χ0n) is 16.6. The van der Waals surface area contributed by atoms with E-state index in [4.69, 9.17) is 9.47 Å². The highest BCUT2D eigenvalue weighted by Crippen LogP contribution is 2.25. The second-order valence-electron chi connectivity index (χ2n) is 6.92. The summed E-state index contributed by atoms with van der Waals surface area (Å²) in [5.41, 5.74) is 0.935. The van der Waals surface area contributed by atoms with Crippen LogP contribution in [0.15, 0.2) is 29.3 Å². The molecule has 6 nitrogen and oxygen atoms in total. The van der Waals surface area contributed by atoms with Crippen LogP contribution in [0.2, 0.25) is 0 Å². The maximum Gasteiger partial charge on any atom is 0.307 e. The number of hydrogen-bond acceptors (Lipinski definition) is 4. The first-order chi connectivity index (χ1) is 12.9. The quantitative estimate of drug-likeness (QED) is 0.468. The number of halogens is 1. The number of esters is 1. The zero-order chi connectivity index (χ0) is 19.8. The van der Waals surface area contributed by atoms with Crippen molar-refractivity contribution in [2.75, 3.05) is 26.2 Å². The second kappa shape index (κ2) is 10.3. The summed E-state index contributed by atoms with van der Waals surface area (Å²) in [6.45, 7) is 10.1. The van der Waals surface area contributed by atoms with Crippen molar-refractivity contribution < 1.29 is 18.7 Å². The largest absolute Gasteiger partial charge is 0.463 e. The van der Waals surface area contributed by atoms with E-state index < -0.39 is 0 Å². The van der Waals surface area contributed by atoms with Crippen molar-refractivity contribution in [1.82, 2.24) is 10.2 Å². The number of aliphatic imine (C=N–C) groups is 1. The van der Waals surface area contributed by atoms with Gasteiger partial charge in [0, 0.05) is 13.1 Å². The summed E-state index contributed by atoms with van der Waals surface area (Å²) in [4.78, 5) is 18.4. The average Bonchev–Trinajstić information content (AvgIpc) is 2.60. The maximum absolute atomic E-state index is 13.2. The summed E-state index contributed by atoms with van der Waals surface area (Å²) in [7, 11) is 0. The Hall–Kier alpha value is -2.15. The van der Waals surface area contributed by atoms with Crippen LogP contribution in [0, 0.1) is 5.82 Å². The monoisotopic (exact) mass is 379 g/mol. The SMILES string of the molecule is CCNC(=NCCC(=O)OC(C)C)N1CC(C)OC(c2ccc(F)cc2)C1. The number of nitrogens with zero attached hydrogens (tertiary/aromatic N) is 2. The van der Waals surface area contributed by atoms with Gasteiger partial charge in [-0.05, 0) is 45.4 Å². The molecule has 1 aliphatic rings. The molecular weight excluding hydrogens is 349 g/mol. The van der Waals surface area contributed by atoms with E-state index in [0.29, 0.717) is 19.6 Å². The van der Waals surface area contributed by atoms with Gasteiger partial charge in [-0.1, -0.05) is 12.1 Å². The molecule has 7 heteroatoms. The lowest BCUT2D eigenvalue weighted by Gasteiger charge is -2.38. The highest BCUT2D eigenvalue weighted by molar-refractivity contribution is 5.80. The number of guanidine groups is 1. The third kappa shape index (κ3) is 6.82. The number of carbonyl (C=O) groups is 1. The Morgan fingerprint density at radius 3 is 2.70 bits per heavy atom. The van der Waals surface area contributed by atoms with Crippen LogP contribution in [0.3, 0.4) is 0 Å². The Morgan fingerprint density at radius 2 is 2.07 bits per heavy atom. The molecule has 150 valence electrons. The van der Waals surface area contributed by atoms with Gasteiger partial charge in [-0.3, -0.25) is 9.79 Å². The van der Waals surface area contributed by atoms with Gasteiger partial charge in [0.25, 0.3) is 0 Å². The summed E-state index contributed by atoms with van der Waals surface area (Å²) in [5, 5.41) is 3.28. The second-order valence-corrected chi connectivity index (χ2v) is 6.92. The summed E-state index contributed by atoms with van der Waals surface area (Å²) >= 11 is 0. The zero-order valence-corrected chi connectivity index (χ0v) is 16.6. The number of benzene rings is 1. The number of hydrogen-bond donors (Lipinski definition) is 1. The molecule has 0 aliphatic carbocycles. The Balaban J connectivity index is 2.04. The summed E-state index contributed by atoms with van der Waals surface area (Å²) in [6, 6.07) is 6.40. The van der Waals surface area contributed by atoms with Crippen LogP contribution in [-0.4, -0.2) is 55.2 Å². The van der Waals surface area contributed by atoms with Crippen LogP contribution in [0.4, 0.5) is 4.39 Å². The lowest BCUT2D eigenvalue weighted by atomic mass is 10.1. The number of morpholine rings is 1. The van der Waals surface area contributed by atoms with Crippen molar-refractivity contribution in [2.24, 2.45) is 4.99 Å². The first-order valence-electron chi connectivity index (χ1n) is 9.52. The molecule has 0 saturated carbocycles. The molecule has 0 radical (unpaired) electrons. The molecule has 1 fully saturated rings. The van der Waals surface area contributed by atoms with E-state index in [-0.39, 0.29) is 36.5 Å². The number of rotatable bonds is 6. The van der Waals surface area contributed by atoms with Gasteiger partial charge < -0.3 is 19.7 Å². The summed E-state index contributed by atoms with van der Waals surface area (Å²) < 4.78 is 24.4. The van der Waals surface area contributed by atoms with Crippen LogP contribution < -0.4 is 5.32 Å². The molecule has 2 rings (SSSR count). The van der Waals surface area contributed by atoms with Crippen molar-refractivity contribution in [2.45, 2.75) is 52.4 Å². The van der Waals surface area contributed by atoms with Crippen molar-refractivity contribution in [1.29, 1.82) is 0 Å². The predicted octanol–water partition coefficient (Wildman–Crippen LogP) is 2.89. The number of ether oxygens (including phenoxy) is 2. The fourth-order valence-corrected chi connectivity index (χ4v) is 2.99. The minimum absolute atomic E-state index is 0.00330. The van der Waals surface area contributed by atoms with Crippen molar-refractivity contribution in [3.8, 4) is 0 Å². The van der Waals surface area contributed by atoms with Crippen LogP contribution in [0.25, 0.3) is 0 Å². The molecule has 1 aromatic carbocycles. The fraction of sp³-hybridized carbons (Fsp3) is 0.600. The highest BCUT2D eigenvalue weighted by Gasteiger charge is 2.28. The Morgan fingerprint density at radius 1 is 1.37 bits per heavy atom. The Kier molecular flexibility index (Phi) is 8.03. The van der Waals surface area contributed by atoms with Gasteiger partial charge in [-0.25, -0.2) is 4.39 Å². The van der Waals surface area contributed by atoms with E-state index in [1.807, 2.05) is 27.7 Å². The van der Waals surface area contributed by atoms with E-state index in [1.165, 1.54) is 12.1 Å². The van der Waals surface area contributed by atoms with Crippen LogP contribution >= 0.6 is 0 Å². The predicted molar refractivity (Wildman–Crippen MR) is 103 cm³/mol. The summed E-state index contributed by atoms with van der Waals surface area (Å²) in [6.07, 6.45) is -0.0343. The van der Waals surface area contributed by atoms with E-state index in [2.05, 4.69) is 15.2 Å². The van der Waals surface area contributed by atoms with Crippen molar-refractivity contribution in [3.05, 3.63) is 35.6 Å². The van der Waals surface area contributed by atoms with Gasteiger partial charge in [0.05, 0.1) is 31.7 Å². The molecule has 1 N–H and O–H groups in total.